The molecule has 1 aliphatic heterocycles. The van der Waals surface area contributed by atoms with Crippen molar-refractivity contribution in [2.75, 3.05) is 26.2 Å². The quantitative estimate of drug-likeness (QED) is 0.847. The number of carbonyl (C=O) groups excluding carboxylic acids is 1. The third kappa shape index (κ3) is 3.35. The van der Waals surface area contributed by atoms with Crippen molar-refractivity contribution in [1.82, 2.24) is 14.2 Å². The number of sulfonamides is 1. The summed E-state index contributed by atoms with van der Waals surface area (Å²) >= 11 is 0. The largest absolute Gasteiger partial charge is 0.340 e. The van der Waals surface area contributed by atoms with Crippen molar-refractivity contribution >= 4 is 26.8 Å². The molecule has 0 bridgehead atoms. The lowest BCUT2D eigenvalue weighted by molar-refractivity contribution is -0.129. The maximum atomic E-state index is 12.7. The van der Waals surface area contributed by atoms with Gasteiger partial charge in [-0.15, -0.1) is 0 Å². The second-order valence-corrected chi connectivity index (χ2v) is 7.62. The second kappa shape index (κ2) is 6.25. The lowest BCUT2D eigenvalue weighted by Crippen LogP contribution is -2.50. The predicted molar refractivity (Wildman–Crippen MR) is 88.2 cm³/mol. The molecular weight excluding hydrogens is 314 g/mol. The zero-order chi connectivity index (χ0) is 16.4. The van der Waals surface area contributed by atoms with Crippen molar-refractivity contribution in [3.8, 4) is 0 Å². The summed E-state index contributed by atoms with van der Waals surface area (Å²) in [4.78, 5) is 17.3. The molecule has 0 saturated carbocycles. The minimum atomic E-state index is -3.42. The van der Waals surface area contributed by atoms with E-state index >= 15 is 0 Å². The third-order valence-electron chi connectivity index (χ3n) is 4.13. The van der Waals surface area contributed by atoms with Crippen LogP contribution in [-0.2, 0) is 20.6 Å². The number of benzene rings is 1. The van der Waals surface area contributed by atoms with Crippen molar-refractivity contribution < 1.29 is 13.2 Å². The van der Waals surface area contributed by atoms with E-state index in [2.05, 4.69) is 4.98 Å². The van der Waals surface area contributed by atoms with Gasteiger partial charge in [0.25, 0.3) is 0 Å². The molecule has 1 aromatic carbocycles. The molecule has 0 spiro atoms. The van der Waals surface area contributed by atoms with E-state index < -0.39 is 10.0 Å². The van der Waals surface area contributed by atoms with Gasteiger partial charge in [-0.1, -0.05) is 24.3 Å². The number of aromatic nitrogens is 1. The SMILES string of the molecule is CC(=O)N1CCN(S(=O)(=O)Cc2cccc3cccnc23)CC1. The first-order valence-corrected chi connectivity index (χ1v) is 9.14. The molecule has 1 aliphatic rings. The van der Waals surface area contributed by atoms with Crippen LogP contribution >= 0.6 is 0 Å². The molecule has 6 nitrogen and oxygen atoms in total. The average molecular weight is 333 g/mol. The fourth-order valence-electron chi connectivity index (χ4n) is 2.85. The summed E-state index contributed by atoms with van der Waals surface area (Å²) < 4.78 is 26.8. The maximum Gasteiger partial charge on any atom is 0.219 e. The van der Waals surface area contributed by atoms with Gasteiger partial charge < -0.3 is 4.90 Å². The first-order chi connectivity index (χ1) is 11.0. The van der Waals surface area contributed by atoms with Gasteiger partial charge in [0.1, 0.15) is 0 Å². The van der Waals surface area contributed by atoms with Gasteiger partial charge in [-0.05, 0) is 11.6 Å². The fourth-order valence-corrected chi connectivity index (χ4v) is 4.38. The smallest absolute Gasteiger partial charge is 0.219 e. The van der Waals surface area contributed by atoms with Crippen LogP contribution in [0.1, 0.15) is 12.5 Å². The molecule has 0 radical (unpaired) electrons. The number of hydrogen-bond donors (Lipinski definition) is 0. The molecule has 1 amide bonds. The molecule has 23 heavy (non-hydrogen) atoms. The number of para-hydroxylation sites is 1. The lowest BCUT2D eigenvalue weighted by Gasteiger charge is -2.33. The van der Waals surface area contributed by atoms with E-state index in [4.69, 9.17) is 0 Å². The van der Waals surface area contributed by atoms with E-state index in [0.29, 0.717) is 31.7 Å². The Hall–Kier alpha value is -1.99. The van der Waals surface area contributed by atoms with Gasteiger partial charge in [0.15, 0.2) is 0 Å². The highest BCUT2D eigenvalue weighted by Crippen LogP contribution is 2.20. The highest BCUT2D eigenvalue weighted by atomic mass is 32.2. The van der Waals surface area contributed by atoms with Gasteiger partial charge in [-0.2, -0.15) is 4.31 Å². The summed E-state index contributed by atoms with van der Waals surface area (Å²) in [6.45, 7) is 3.09. The molecule has 0 N–H and O–H groups in total. The molecule has 3 rings (SSSR count). The Balaban J connectivity index is 1.80. The zero-order valence-corrected chi connectivity index (χ0v) is 13.8. The number of nitrogens with zero attached hydrogens (tertiary/aromatic N) is 3. The molecule has 122 valence electrons. The van der Waals surface area contributed by atoms with Crippen molar-refractivity contribution in [3.63, 3.8) is 0 Å². The number of amides is 1. The molecule has 1 saturated heterocycles. The van der Waals surface area contributed by atoms with Gasteiger partial charge in [-0.3, -0.25) is 9.78 Å². The standard InChI is InChI=1S/C16H19N3O3S/c1-13(20)18-8-10-19(11-9-18)23(21,22)12-15-5-2-4-14-6-3-7-17-16(14)15/h2-7H,8-12H2,1H3. The minimum Gasteiger partial charge on any atom is -0.340 e. The number of fused-ring (bicyclic) bond motifs is 1. The Morgan fingerprint density at radius 1 is 1.13 bits per heavy atom. The van der Waals surface area contributed by atoms with Crippen LogP contribution in [0.25, 0.3) is 10.9 Å². The minimum absolute atomic E-state index is 0.0136. The Morgan fingerprint density at radius 2 is 1.83 bits per heavy atom. The predicted octanol–water partition coefficient (Wildman–Crippen LogP) is 1.23. The number of hydrogen-bond acceptors (Lipinski definition) is 4. The van der Waals surface area contributed by atoms with Crippen LogP contribution in [0.3, 0.4) is 0 Å². The molecule has 0 atom stereocenters. The molecule has 0 unspecified atom stereocenters. The van der Waals surface area contributed by atoms with E-state index in [0.717, 1.165) is 10.9 Å². The van der Waals surface area contributed by atoms with Crippen molar-refractivity contribution in [3.05, 3.63) is 42.1 Å². The number of piperazine rings is 1. The normalized spacial score (nSPS) is 16.7. The first-order valence-electron chi connectivity index (χ1n) is 7.53. The lowest BCUT2D eigenvalue weighted by atomic mass is 10.1. The zero-order valence-electron chi connectivity index (χ0n) is 13.0. The van der Waals surface area contributed by atoms with Gasteiger partial charge in [0, 0.05) is 44.7 Å². The van der Waals surface area contributed by atoms with Crippen molar-refractivity contribution in [2.45, 2.75) is 12.7 Å². The Morgan fingerprint density at radius 3 is 2.52 bits per heavy atom. The molecule has 1 aromatic heterocycles. The molecule has 2 aromatic rings. The van der Waals surface area contributed by atoms with Crippen LogP contribution in [0.5, 0.6) is 0 Å². The van der Waals surface area contributed by atoms with Gasteiger partial charge >= 0.3 is 0 Å². The van der Waals surface area contributed by atoms with Crippen molar-refractivity contribution in [2.24, 2.45) is 0 Å². The van der Waals surface area contributed by atoms with E-state index in [1.807, 2.05) is 24.3 Å². The molecule has 7 heteroatoms. The Kier molecular flexibility index (Phi) is 4.32. The third-order valence-corrected chi connectivity index (χ3v) is 5.96. The summed E-state index contributed by atoms with van der Waals surface area (Å²) in [6.07, 6.45) is 1.67. The molecule has 1 fully saturated rings. The van der Waals surface area contributed by atoms with Gasteiger partial charge in [-0.25, -0.2) is 8.42 Å². The van der Waals surface area contributed by atoms with Crippen LogP contribution in [-0.4, -0.2) is 54.7 Å². The molecule has 0 aliphatic carbocycles. The van der Waals surface area contributed by atoms with E-state index in [9.17, 15) is 13.2 Å². The number of pyridine rings is 1. The molecule has 2 heterocycles. The van der Waals surface area contributed by atoms with Crippen LogP contribution in [0, 0.1) is 0 Å². The van der Waals surface area contributed by atoms with Gasteiger partial charge in [0.05, 0.1) is 11.3 Å². The van der Waals surface area contributed by atoms with Crippen LogP contribution in [0.15, 0.2) is 36.5 Å². The van der Waals surface area contributed by atoms with Crippen LogP contribution in [0.2, 0.25) is 0 Å². The Labute approximate surface area is 135 Å². The monoisotopic (exact) mass is 333 g/mol. The topological polar surface area (TPSA) is 70.6 Å². The van der Waals surface area contributed by atoms with Crippen LogP contribution in [0.4, 0.5) is 0 Å². The summed E-state index contributed by atoms with van der Waals surface area (Å²) in [7, 11) is -3.42. The van der Waals surface area contributed by atoms with E-state index in [1.54, 1.807) is 17.2 Å². The van der Waals surface area contributed by atoms with E-state index in [1.165, 1.54) is 11.2 Å². The highest BCUT2D eigenvalue weighted by molar-refractivity contribution is 7.88. The van der Waals surface area contributed by atoms with Gasteiger partial charge in [0.2, 0.25) is 15.9 Å². The Bertz CT molecular complexity index is 822. The maximum absolute atomic E-state index is 12.7. The summed E-state index contributed by atoms with van der Waals surface area (Å²) in [6, 6.07) is 9.33. The summed E-state index contributed by atoms with van der Waals surface area (Å²) in [5.74, 6) is -0.0816. The van der Waals surface area contributed by atoms with Crippen LogP contribution < -0.4 is 0 Å². The van der Waals surface area contributed by atoms with Crippen molar-refractivity contribution in [1.29, 1.82) is 0 Å². The summed E-state index contributed by atoms with van der Waals surface area (Å²) in [5, 5.41) is 0.932. The fraction of sp³-hybridized carbons (Fsp3) is 0.375. The highest BCUT2D eigenvalue weighted by Gasteiger charge is 2.28. The first kappa shape index (κ1) is 15.9. The molecular formula is C16H19N3O3S. The van der Waals surface area contributed by atoms with E-state index in [-0.39, 0.29) is 11.7 Å². The average Bonchev–Trinajstić information content (AvgIpc) is 2.55. The summed E-state index contributed by atoms with van der Waals surface area (Å²) in [5.41, 5.74) is 1.43. The second-order valence-electron chi connectivity index (χ2n) is 5.65. The number of carbonyl (C=O) groups is 1. The number of rotatable bonds is 3.